The van der Waals surface area contributed by atoms with Gasteiger partial charge in [0.1, 0.15) is 6.33 Å². The van der Waals surface area contributed by atoms with Crippen molar-refractivity contribution < 1.29 is 0 Å². The highest BCUT2D eigenvalue weighted by Gasteiger charge is 2.07. The van der Waals surface area contributed by atoms with Gasteiger partial charge in [-0.3, -0.25) is 4.99 Å². The zero-order valence-electron chi connectivity index (χ0n) is 13.9. The summed E-state index contributed by atoms with van der Waals surface area (Å²) in [6, 6.07) is 10.9. The van der Waals surface area contributed by atoms with Crippen LogP contribution in [0, 0.1) is 0 Å². The van der Waals surface area contributed by atoms with Crippen molar-refractivity contribution in [2.75, 3.05) is 7.05 Å². The fourth-order valence-corrected chi connectivity index (χ4v) is 2.16. The van der Waals surface area contributed by atoms with E-state index in [4.69, 9.17) is 0 Å². The molecule has 0 amide bonds. The summed E-state index contributed by atoms with van der Waals surface area (Å²) in [7, 11) is 3.70. The second-order valence-electron chi connectivity index (χ2n) is 5.35. The molecule has 0 bridgehead atoms. The minimum Gasteiger partial charge on any atom is -0.354 e. The molecule has 1 heterocycles. The number of halogens is 1. The molecule has 0 aliphatic carbocycles. The van der Waals surface area contributed by atoms with Gasteiger partial charge in [-0.05, 0) is 25.3 Å². The standard InChI is InChI=1S/C16H24N6.HI/c1-13(9-10-14-7-5-4-6-8-14)20-16(17-2)18-11-15-21-19-12-22(15)3;/h4-8,12-13H,9-11H2,1-3H3,(H2,17,18,20);1H. The second kappa shape index (κ2) is 10.2. The summed E-state index contributed by atoms with van der Waals surface area (Å²) in [5, 5.41) is 14.6. The van der Waals surface area contributed by atoms with Crippen LogP contribution >= 0.6 is 24.0 Å². The lowest BCUT2D eigenvalue weighted by Crippen LogP contribution is -2.42. The van der Waals surface area contributed by atoms with Crippen LogP contribution < -0.4 is 10.6 Å². The van der Waals surface area contributed by atoms with E-state index in [1.54, 1.807) is 13.4 Å². The van der Waals surface area contributed by atoms with Crippen molar-refractivity contribution in [1.82, 2.24) is 25.4 Å². The van der Waals surface area contributed by atoms with E-state index >= 15 is 0 Å². The highest BCUT2D eigenvalue weighted by Crippen LogP contribution is 2.04. The summed E-state index contributed by atoms with van der Waals surface area (Å²) < 4.78 is 1.89. The van der Waals surface area contributed by atoms with E-state index < -0.39 is 0 Å². The summed E-state index contributed by atoms with van der Waals surface area (Å²) in [6.45, 7) is 2.76. The zero-order chi connectivity index (χ0) is 15.8. The summed E-state index contributed by atoms with van der Waals surface area (Å²) >= 11 is 0. The summed E-state index contributed by atoms with van der Waals surface area (Å²) in [5.41, 5.74) is 1.36. The average molecular weight is 428 g/mol. The third kappa shape index (κ3) is 6.55. The number of hydrogen-bond donors (Lipinski definition) is 2. The van der Waals surface area contributed by atoms with Crippen LogP contribution in [0.2, 0.25) is 0 Å². The molecule has 0 saturated carbocycles. The molecule has 6 nitrogen and oxygen atoms in total. The lowest BCUT2D eigenvalue weighted by atomic mass is 10.1. The van der Waals surface area contributed by atoms with Crippen LogP contribution in [0.4, 0.5) is 0 Å². The Balaban J connectivity index is 0.00000264. The number of rotatable bonds is 6. The second-order valence-corrected chi connectivity index (χ2v) is 5.35. The van der Waals surface area contributed by atoms with Gasteiger partial charge in [-0.1, -0.05) is 30.3 Å². The first kappa shape index (κ1) is 19.4. The Bertz CT molecular complexity index is 596. The first-order valence-corrected chi connectivity index (χ1v) is 7.53. The molecule has 1 unspecified atom stereocenters. The lowest BCUT2D eigenvalue weighted by molar-refractivity contribution is 0.590. The maximum atomic E-state index is 4.25. The molecule has 1 aromatic carbocycles. The Labute approximate surface area is 154 Å². The van der Waals surface area contributed by atoms with Gasteiger partial charge in [-0.2, -0.15) is 0 Å². The number of aromatic nitrogens is 3. The molecule has 7 heteroatoms. The van der Waals surface area contributed by atoms with Gasteiger partial charge in [0.2, 0.25) is 0 Å². The van der Waals surface area contributed by atoms with E-state index in [1.165, 1.54) is 5.56 Å². The maximum absolute atomic E-state index is 4.25. The van der Waals surface area contributed by atoms with E-state index in [1.807, 2.05) is 17.7 Å². The number of guanidine groups is 1. The minimum atomic E-state index is 0. The van der Waals surface area contributed by atoms with Gasteiger partial charge in [0.25, 0.3) is 0 Å². The zero-order valence-corrected chi connectivity index (χ0v) is 16.2. The first-order chi connectivity index (χ1) is 10.7. The van der Waals surface area contributed by atoms with Gasteiger partial charge in [0, 0.05) is 20.1 Å². The molecule has 23 heavy (non-hydrogen) atoms. The van der Waals surface area contributed by atoms with Crippen LogP contribution in [0.5, 0.6) is 0 Å². The van der Waals surface area contributed by atoms with Crippen molar-refractivity contribution in [2.24, 2.45) is 12.0 Å². The fourth-order valence-electron chi connectivity index (χ4n) is 2.16. The predicted molar refractivity (Wildman–Crippen MR) is 104 cm³/mol. The van der Waals surface area contributed by atoms with Crippen molar-refractivity contribution in [2.45, 2.75) is 32.4 Å². The van der Waals surface area contributed by atoms with Crippen molar-refractivity contribution in [3.63, 3.8) is 0 Å². The van der Waals surface area contributed by atoms with E-state index in [9.17, 15) is 0 Å². The summed E-state index contributed by atoms with van der Waals surface area (Å²) in [6.07, 6.45) is 3.79. The number of hydrogen-bond acceptors (Lipinski definition) is 3. The number of nitrogens with one attached hydrogen (secondary N) is 2. The first-order valence-electron chi connectivity index (χ1n) is 7.53. The Hall–Kier alpha value is -1.64. The Kier molecular flexibility index (Phi) is 8.60. The highest BCUT2D eigenvalue weighted by molar-refractivity contribution is 14.0. The SMILES string of the molecule is CN=C(NCc1nncn1C)NC(C)CCc1ccccc1.I. The van der Waals surface area contributed by atoms with Gasteiger partial charge in [0.05, 0.1) is 6.54 Å². The molecular formula is C16H25IN6. The third-order valence-electron chi connectivity index (χ3n) is 3.53. The molecule has 2 rings (SSSR count). The molecule has 1 atom stereocenters. The van der Waals surface area contributed by atoms with Crippen LogP contribution in [0.15, 0.2) is 41.7 Å². The molecule has 1 aromatic heterocycles. The largest absolute Gasteiger partial charge is 0.354 e. The third-order valence-corrected chi connectivity index (χ3v) is 3.53. The Morgan fingerprint density at radius 2 is 2.04 bits per heavy atom. The molecule has 0 radical (unpaired) electrons. The number of aryl methyl sites for hydroxylation is 2. The summed E-state index contributed by atoms with van der Waals surface area (Å²) in [5.74, 6) is 1.66. The van der Waals surface area contributed by atoms with Crippen LogP contribution in [0.1, 0.15) is 24.7 Å². The van der Waals surface area contributed by atoms with E-state index in [0.29, 0.717) is 12.6 Å². The molecule has 2 N–H and O–H groups in total. The maximum Gasteiger partial charge on any atom is 0.191 e. The van der Waals surface area contributed by atoms with Crippen molar-refractivity contribution in [1.29, 1.82) is 0 Å². The van der Waals surface area contributed by atoms with E-state index in [0.717, 1.165) is 24.6 Å². The quantitative estimate of drug-likeness (QED) is 0.420. The molecule has 0 aliphatic heterocycles. The molecule has 0 spiro atoms. The van der Waals surface area contributed by atoms with Crippen molar-refractivity contribution in [3.05, 3.63) is 48.0 Å². The van der Waals surface area contributed by atoms with Crippen LogP contribution in [-0.4, -0.2) is 33.8 Å². The average Bonchev–Trinajstić information content (AvgIpc) is 2.95. The lowest BCUT2D eigenvalue weighted by Gasteiger charge is -2.17. The Morgan fingerprint density at radius 3 is 2.65 bits per heavy atom. The topological polar surface area (TPSA) is 67.1 Å². The molecule has 126 valence electrons. The van der Waals surface area contributed by atoms with E-state index in [-0.39, 0.29) is 24.0 Å². The predicted octanol–water partition coefficient (Wildman–Crippen LogP) is 2.12. The van der Waals surface area contributed by atoms with Gasteiger partial charge in [-0.25, -0.2) is 0 Å². The van der Waals surface area contributed by atoms with Crippen LogP contribution in [0.3, 0.4) is 0 Å². The molecule has 0 aliphatic rings. The highest BCUT2D eigenvalue weighted by atomic mass is 127. The number of aliphatic imine (C=N–C) groups is 1. The van der Waals surface area contributed by atoms with Gasteiger partial charge < -0.3 is 15.2 Å². The minimum absolute atomic E-state index is 0. The molecule has 0 fully saturated rings. The molecule has 2 aromatic rings. The normalized spacial score (nSPS) is 12.4. The van der Waals surface area contributed by atoms with Gasteiger partial charge in [-0.15, -0.1) is 34.2 Å². The summed E-state index contributed by atoms with van der Waals surface area (Å²) in [4.78, 5) is 4.25. The van der Waals surface area contributed by atoms with Crippen molar-refractivity contribution >= 4 is 29.9 Å². The van der Waals surface area contributed by atoms with Crippen LogP contribution in [-0.2, 0) is 20.0 Å². The molecule has 0 saturated heterocycles. The molecular weight excluding hydrogens is 403 g/mol. The fraction of sp³-hybridized carbons (Fsp3) is 0.438. The number of nitrogens with zero attached hydrogens (tertiary/aromatic N) is 4. The smallest absolute Gasteiger partial charge is 0.191 e. The Morgan fingerprint density at radius 1 is 1.30 bits per heavy atom. The monoisotopic (exact) mass is 428 g/mol. The number of benzene rings is 1. The van der Waals surface area contributed by atoms with Gasteiger partial charge in [0.15, 0.2) is 11.8 Å². The van der Waals surface area contributed by atoms with Crippen LogP contribution in [0.25, 0.3) is 0 Å². The van der Waals surface area contributed by atoms with E-state index in [2.05, 4.69) is 57.0 Å². The van der Waals surface area contributed by atoms with Crippen molar-refractivity contribution in [3.8, 4) is 0 Å². The van der Waals surface area contributed by atoms with Gasteiger partial charge >= 0.3 is 0 Å².